The first-order valence-electron chi connectivity index (χ1n) is 7.78. The van der Waals surface area contributed by atoms with Crippen molar-refractivity contribution in [3.05, 3.63) is 23.9 Å². The predicted molar refractivity (Wildman–Crippen MR) is 81.6 cm³/mol. The summed E-state index contributed by atoms with van der Waals surface area (Å²) in [5.41, 5.74) is 0.741. The zero-order chi connectivity index (χ0) is 14.7. The van der Waals surface area contributed by atoms with Crippen LogP contribution >= 0.6 is 0 Å². The van der Waals surface area contributed by atoms with Crippen molar-refractivity contribution in [2.24, 2.45) is 0 Å². The van der Waals surface area contributed by atoms with Crippen molar-refractivity contribution in [3.63, 3.8) is 0 Å². The lowest BCUT2D eigenvalue weighted by molar-refractivity contribution is 0.0600. The van der Waals surface area contributed by atoms with Crippen LogP contribution in [0.5, 0.6) is 0 Å². The molecule has 0 atom stereocenters. The smallest absolute Gasteiger partial charge is 0.338 e. The molecule has 1 aliphatic carbocycles. The van der Waals surface area contributed by atoms with Crippen molar-refractivity contribution in [2.45, 2.75) is 37.6 Å². The lowest BCUT2D eigenvalue weighted by Gasteiger charge is -2.50. The van der Waals surface area contributed by atoms with Gasteiger partial charge >= 0.3 is 5.97 Å². The molecule has 21 heavy (non-hydrogen) atoms. The molecule has 3 rings (SSSR count). The molecule has 2 fully saturated rings. The van der Waals surface area contributed by atoms with Gasteiger partial charge < -0.3 is 15.0 Å². The molecule has 1 aromatic heterocycles. The van der Waals surface area contributed by atoms with E-state index in [0.29, 0.717) is 5.56 Å². The van der Waals surface area contributed by atoms with Crippen molar-refractivity contribution in [1.29, 1.82) is 0 Å². The van der Waals surface area contributed by atoms with E-state index in [4.69, 9.17) is 4.74 Å². The Morgan fingerprint density at radius 3 is 2.95 bits per heavy atom. The lowest BCUT2D eigenvalue weighted by Crippen LogP contribution is -2.62. The number of aromatic nitrogens is 1. The van der Waals surface area contributed by atoms with Gasteiger partial charge in [0.1, 0.15) is 5.82 Å². The molecule has 5 nitrogen and oxygen atoms in total. The van der Waals surface area contributed by atoms with Gasteiger partial charge in [0.25, 0.3) is 0 Å². The Kier molecular flexibility index (Phi) is 4.10. The number of anilines is 1. The number of nitrogens with zero attached hydrogens (tertiary/aromatic N) is 2. The number of esters is 1. The van der Waals surface area contributed by atoms with E-state index in [-0.39, 0.29) is 11.5 Å². The van der Waals surface area contributed by atoms with Crippen LogP contribution in [0.15, 0.2) is 18.3 Å². The van der Waals surface area contributed by atoms with Crippen molar-refractivity contribution in [2.75, 3.05) is 31.6 Å². The highest BCUT2D eigenvalue weighted by molar-refractivity contribution is 5.90. The Bertz CT molecular complexity index is 504. The zero-order valence-electron chi connectivity index (χ0n) is 12.6. The van der Waals surface area contributed by atoms with Crippen LogP contribution in [0, 0.1) is 0 Å². The van der Waals surface area contributed by atoms with Crippen LogP contribution in [-0.2, 0) is 4.74 Å². The van der Waals surface area contributed by atoms with Gasteiger partial charge in [0.15, 0.2) is 0 Å². The minimum absolute atomic E-state index is 0.165. The van der Waals surface area contributed by atoms with E-state index in [0.717, 1.165) is 25.5 Å². The van der Waals surface area contributed by atoms with Crippen LogP contribution in [0.2, 0.25) is 0 Å². The Morgan fingerprint density at radius 1 is 1.38 bits per heavy atom. The first-order chi connectivity index (χ1) is 10.2. The van der Waals surface area contributed by atoms with Gasteiger partial charge in [-0.1, -0.05) is 19.3 Å². The zero-order valence-corrected chi connectivity index (χ0v) is 12.6. The normalized spacial score (nSPS) is 21.3. The lowest BCUT2D eigenvalue weighted by atomic mass is 9.79. The molecule has 1 aromatic rings. The number of methoxy groups -OCH3 is 1. The standard InChI is InChI=1S/C16H23N3O2/c1-21-15(20)13-5-8-18-14(11-13)19-10-9-17-12-16(19)6-3-2-4-7-16/h5,8,11,17H,2-4,6-7,9-10,12H2,1H3. The predicted octanol–water partition coefficient (Wildman–Crippen LogP) is 1.98. The third kappa shape index (κ3) is 2.75. The van der Waals surface area contributed by atoms with Crippen molar-refractivity contribution >= 4 is 11.8 Å². The molecule has 5 heteroatoms. The van der Waals surface area contributed by atoms with Gasteiger partial charge in [-0.05, 0) is 25.0 Å². The number of ether oxygens (including phenoxy) is 1. The number of carbonyl (C=O) groups is 1. The summed E-state index contributed by atoms with van der Waals surface area (Å²) >= 11 is 0. The number of carbonyl (C=O) groups excluding carboxylic acids is 1. The van der Waals surface area contributed by atoms with Crippen LogP contribution in [0.4, 0.5) is 5.82 Å². The third-order valence-electron chi connectivity index (χ3n) is 4.77. The number of rotatable bonds is 2. The van der Waals surface area contributed by atoms with Gasteiger partial charge in [-0.3, -0.25) is 0 Å². The SMILES string of the molecule is COC(=O)c1ccnc(N2CCNCC23CCCCC3)c1. The van der Waals surface area contributed by atoms with Crippen LogP contribution in [0.1, 0.15) is 42.5 Å². The Balaban J connectivity index is 1.91. The summed E-state index contributed by atoms with van der Waals surface area (Å²) in [6.07, 6.45) is 7.98. The maximum absolute atomic E-state index is 11.7. The van der Waals surface area contributed by atoms with Crippen molar-refractivity contribution in [3.8, 4) is 0 Å². The van der Waals surface area contributed by atoms with Gasteiger partial charge in [-0.15, -0.1) is 0 Å². The highest BCUT2D eigenvalue weighted by Crippen LogP contribution is 2.37. The minimum atomic E-state index is -0.300. The molecule has 1 saturated carbocycles. The molecular formula is C16H23N3O2. The highest BCUT2D eigenvalue weighted by Gasteiger charge is 2.40. The second-order valence-electron chi connectivity index (χ2n) is 6.01. The summed E-state index contributed by atoms with van der Waals surface area (Å²) in [4.78, 5) is 18.7. The second-order valence-corrected chi connectivity index (χ2v) is 6.01. The van der Waals surface area contributed by atoms with Gasteiger partial charge in [0.2, 0.25) is 0 Å². The average Bonchev–Trinajstić information content (AvgIpc) is 2.55. The van der Waals surface area contributed by atoms with Gasteiger partial charge in [0.05, 0.1) is 18.2 Å². The summed E-state index contributed by atoms with van der Waals surface area (Å²) in [6.45, 7) is 2.92. The van der Waals surface area contributed by atoms with E-state index in [1.165, 1.54) is 39.2 Å². The number of hydrogen-bond acceptors (Lipinski definition) is 5. The van der Waals surface area contributed by atoms with E-state index in [1.54, 1.807) is 12.3 Å². The van der Waals surface area contributed by atoms with Crippen molar-refractivity contribution < 1.29 is 9.53 Å². The number of hydrogen-bond donors (Lipinski definition) is 1. The molecule has 2 heterocycles. The maximum Gasteiger partial charge on any atom is 0.338 e. The quantitative estimate of drug-likeness (QED) is 0.844. The van der Waals surface area contributed by atoms with Crippen LogP contribution < -0.4 is 10.2 Å². The fraction of sp³-hybridized carbons (Fsp3) is 0.625. The van der Waals surface area contributed by atoms with E-state index in [1.807, 2.05) is 6.07 Å². The third-order valence-corrected chi connectivity index (χ3v) is 4.77. The van der Waals surface area contributed by atoms with Gasteiger partial charge in [-0.2, -0.15) is 0 Å². The Hall–Kier alpha value is -1.62. The average molecular weight is 289 g/mol. The second kappa shape index (κ2) is 6.02. The molecule has 0 bridgehead atoms. The molecule has 0 unspecified atom stereocenters. The van der Waals surface area contributed by atoms with Gasteiger partial charge in [0, 0.05) is 25.8 Å². The summed E-state index contributed by atoms with van der Waals surface area (Å²) in [6, 6.07) is 3.58. The first-order valence-corrected chi connectivity index (χ1v) is 7.78. The summed E-state index contributed by atoms with van der Waals surface area (Å²) in [5, 5.41) is 3.53. The van der Waals surface area contributed by atoms with E-state index in [2.05, 4.69) is 15.2 Å². The number of nitrogens with one attached hydrogen (secondary N) is 1. The molecule has 0 amide bonds. The molecule has 1 spiro atoms. The summed E-state index contributed by atoms with van der Waals surface area (Å²) in [7, 11) is 1.41. The molecule has 1 aliphatic heterocycles. The van der Waals surface area contributed by atoms with E-state index >= 15 is 0 Å². The van der Waals surface area contributed by atoms with E-state index < -0.39 is 0 Å². The summed E-state index contributed by atoms with van der Waals surface area (Å²) < 4.78 is 4.82. The van der Waals surface area contributed by atoms with Crippen LogP contribution in [0.3, 0.4) is 0 Å². The molecule has 2 aliphatic rings. The number of pyridine rings is 1. The fourth-order valence-electron chi connectivity index (χ4n) is 3.67. The largest absolute Gasteiger partial charge is 0.465 e. The minimum Gasteiger partial charge on any atom is -0.465 e. The molecule has 0 radical (unpaired) electrons. The molecule has 0 aromatic carbocycles. The highest BCUT2D eigenvalue weighted by atomic mass is 16.5. The molecular weight excluding hydrogens is 266 g/mol. The summed E-state index contributed by atoms with van der Waals surface area (Å²) in [5.74, 6) is 0.604. The topological polar surface area (TPSA) is 54.5 Å². The monoisotopic (exact) mass is 289 g/mol. The molecule has 1 saturated heterocycles. The molecule has 1 N–H and O–H groups in total. The fourth-order valence-corrected chi connectivity index (χ4v) is 3.67. The van der Waals surface area contributed by atoms with Crippen molar-refractivity contribution in [1.82, 2.24) is 10.3 Å². The maximum atomic E-state index is 11.7. The van der Waals surface area contributed by atoms with Crippen LogP contribution in [0.25, 0.3) is 0 Å². The molecule has 114 valence electrons. The van der Waals surface area contributed by atoms with Gasteiger partial charge in [-0.25, -0.2) is 9.78 Å². The van der Waals surface area contributed by atoms with Crippen LogP contribution in [-0.4, -0.2) is 43.2 Å². The first kappa shape index (κ1) is 14.3. The Morgan fingerprint density at radius 2 is 2.19 bits per heavy atom. The van der Waals surface area contributed by atoms with E-state index in [9.17, 15) is 4.79 Å². The Labute approximate surface area is 125 Å². The number of piperazine rings is 1.